The molecular formula is C24H30O10. The van der Waals surface area contributed by atoms with Crippen molar-refractivity contribution in [2.75, 3.05) is 34.0 Å². The summed E-state index contributed by atoms with van der Waals surface area (Å²) in [5, 5.41) is 31.0. The fourth-order valence-electron chi connectivity index (χ4n) is 3.41. The van der Waals surface area contributed by atoms with E-state index in [0.29, 0.717) is 12.2 Å². The van der Waals surface area contributed by atoms with Gasteiger partial charge < -0.3 is 43.7 Å². The number of rotatable bonds is 10. The van der Waals surface area contributed by atoms with Gasteiger partial charge in [-0.25, -0.2) is 4.79 Å². The van der Waals surface area contributed by atoms with Crippen LogP contribution >= 0.6 is 0 Å². The second kappa shape index (κ2) is 12.5. The van der Waals surface area contributed by atoms with Gasteiger partial charge in [-0.1, -0.05) is 30.3 Å². The number of aliphatic hydroxyl groups is 3. The molecule has 186 valence electrons. The lowest BCUT2D eigenvalue weighted by Crippen LogP contribution is -2.60. The van der Waals surface area contributed by atoms with Crippen molar-refractivity contribution in [1.82, 2.24) is 0 Å². The summed E-state index contributed by atoms with van der Waals surface area (Å²) in [7, 11) is 3.06. The maximum Gasteiger partial charge on any atom is 0.508 e. The molecule has 1 aliphatic heterocycles. The van der Waals surface area contributed by atoms with E-state index in [0.717, 1.165) is 16.9 Å². The van der Waals surface area contributed by atoms with Crippen molar-refractivity contribution < 1.29 is 48.5 Å². The third-order valence-corrected chi connectivity index (χ3v) is 5.31. The molecule has 10 nitrogen and oxygen atoms in total. The van der Waals surface area contributed by atoms with Gasteiger partial charge in [-0.3, -0.25) is 0 Å². The number of para-hydroxylation sites is 1. The molecule has 34 heavy (non-hydrogen) atoms. The zero-order valence-corrected chi connectivity index (χ0v) is 19.0. The molecule has 1 heterocycles. The number of hydrogen-bond donors (Lipinski definition) is 3. The van der Waals surface area contributed by atoms with Gasteiger partial charge in [-0.05, 0) is 29.3 Å². The van der Waals surface area contributed by atoms with Crippen LogP contribution in [0.3, 0.4) is 0 Å². The lowest BCUT2D eigenvalue weighted by molar-refractivity contribution is -0.278. The van der Waals surface area contributed by atoms with Crippen molar-refractivity contribution in [3.63, 3.8) is 0 Å². The van der Waals surface area contributed by atoms with Crippen molar-refractivity contribution in [3.8, 4) is 11.5 Å². The Labute approximate surface area is 197 Å². The molecule has 3 N–H and O–H groups in total. The van der Waals surface area contributed by atoms with Gasteiger partial charge >= 0.3 is 6.16 Å². The van der Waals surface area contributed by atoms with E-state index in [2.05, 4.69) is 0 Å². The van der Waals surface area contributed by atoms with Gasteiger partial charge in [0.2, 0.25) is 6.29 Å². The van der Waals surface area contributed by atoms with Crippen LogP contribution in [0, 0.1) is 0 Å². The van der Waals surface area contributed by atoms with E-state index in [4.69, 9.17) is 28.4 Å². The van der Waals surface area contributed by atoms with Crippen LogP contribution in [-0.2, 0) is 25.4 Å². The normalized spacial score (nSPS) is 24.3. The Balaban J connectivity index is 1.66. The first kappa shape index (κ1) is 25.7. The number of methoxy groups -OCH3 is 2. The predicted molar refractivity (Wildman–Crippen MR) is 119 cm³/mol. The highest BCUT2D eigenvalue weighted by Crippen LogP contribution is 2.28. The Hall–Kier alpha value is -2.89. The first-order valence-electron chi connectivity index (χ1n) is 10.8. The summed E-state index contributed by atoms with van der Waals surface area (Å²) >= 11 is 0. The van der Waals surface area contributed by atoms with Gasteiger partial charge in [0.25, 0.3) is 0 Å². The molecule has 1 fully saturated rings. The van der Waals surface area contributed by atoms with Crippen LogP contribution in [0.25, 0.3) is 0 Å². The maximum atomic E-state index is 11.7. The summed E-state index contributed by atoms with van der Waals surface area (Å²) in [6, 6.07) is 14.8. The molecule has 0 aliphatic carbocycles. The van der Waals surface area contributed by atoms with Crippen LogP contribution in [0.2, 0.25) is 0 Å². The molecule has 5 atom stereocenters. The summed E-state index contributed by atoms with van der Waals surface area (Å²) in [6.07, 6.45) is -7.51. The molecule has 0 spiro atoms. The summed E-state index contributed by atoms with van der Waals surface area (Å²) in [6.45, 7) is -0.208. The first-order valence-corrected chi connectivity index (χ1v) is 10.8. The second-order valence-electron chi connectivity index (χ2n) is 7.67. The molecule has 10 heteroatoms. The molecule has 0 amide bonds. The zero-order chi connectivity index (χ0) is 24.5. The minimum Gasteiger partial charge on any atom is -0.497 e. The fourth-order valence-corrected chi connectivity index (χ4v) is 3.41. The monoisotopic (exact) mass is 478 g/mol. The van der Waals surface area contributed by atoms with Crippen molar-refractivity contribution >= 4 is 6.16 Å². The van der Waals surface area contributed by atoms with E-state index in [1.54, 1.807) is 19.2 Å². The summed E-state index contributed by atoms with van der Waals surface area (Å²) in [5.74, 6) is 1.18. The number of hydrogen-bond acceptors (Lipinski definition) is 10. The standard InChI is InChI=1S/C24H30O10/c1-29-11-12-31-24(28)32-14-19-20(25)21(26)22(27)23(34-19)33-18-6-4-3-5-16(18)13-15-7-9-17(30-2)10-8-15/h3-10,19-23,25-27H,11-14H2,1-2H3/t19-,20-,21+,22-,23?/m1/s1. The molecule has 1 unspecified atom stereocenters. The van der Waals surface area contributed by atoms with E-state index >= 15 is 0 Å². The average Bonchev–Trinajstić information content (AvgIpc) is 2.85. The Morgan fingerprint density at radius 1 is 0.912 bits per heavy atom. The molecule has 2 aromatic rings. The Bertz CT molecular complexity index is 903. The van der Waals surface area contributed by atoms with Crippen LogP contribution in [0.5, 0.6) is 11.5 Å². The van der Waals surface area contributed by atoms with Crippen LogP contribution in [-0.4, -0.2) is 86.2 Å². The van der Waals surface area contributed by atoms with Gasteiger partial charge in [-0.15, -0.1) is 0 Å². The SMILES string of the molecule is COCCOC(=O)OC[C@H]1OC(Oc2ccccc2Cc2ccc(OC)cc2)[C@H](O)[C@@H](O)[C@@H]1O. The number of aliphatic hydroxyl groups excluding tert-OH is 3. The summed E-state index contributed by atoms with van der Waals surface area (Å²) < 4.78 is 31.2. The quantitative estimate of drug-likeness (QED) is 0.339. The topological polar surface area (TPSA) is 133 Å². The molecular weight excluding hydrogens is 448 g/mol. The lowest BCUT2D eigenvalue weighted by Gasteiger charge is -2.40. The predicted octanol–water partition coefficient (Wildman–Crippen LogP) is 1.27. The molecule has 2 aromatic carbocycles. The summed E-state index contributed by atoms with van der Waals surface area (Å²) in [4.78, 5) is 11.7. The average molecular weight is 478 g/mol. The molecule has 1 aliphatic rings. The number of carbonyl (C=O) groups excluding carboxylic acids is 1. The van der Waals surface area contributed by atoms with Crippen LogP contribution in [0.15, 0.2) is 48.5 Å². The second-order valence-corrected chi connectivity index (χ2v) is 7.67. The van der Waals surface area contributed by atoms with Gasteiger partial charge in [0.1, 0.15) is 49.1 Å². The molecule has 0 saturated carbocycles. The van der Waals surface area contributed by atoms with Gasteiger partial charge in [0.15, 0.2) is 0 Å². The van der Waals surface area contributed by atoms with Crippen molar-refractivity contribution in [3.05, 3.63) is 59.7 Å². The maximum absolute atomic E-state index is 11.7. The van der Waals surface area contributed by atoms with Crippen LogP contribution < -0.4 is 9.47 Å². The molecule has 0 aromatic heterocycles. The minimum atomic E-state index is -1.58. The molecule has 0 bridgehead atoms. The van der Waals surface area contributed by atoms with Crippen molar-refractivity contribution in [1.29, 1.82) is 0 Å². The third-order valence-electron chi connectivity index (χ3n) is 5.31. The van der Waals surface area contributed by atoms with Gasteiger partial charge in [0.05, 0.1) is 13.7 Å². The van der Waals surface area contributed by atoms with Gasteiger partial charge in [-0.2, -0.15) is 0 Å². The zero-order valence-electron chi connectivity index (χ0n) is 19.0. The number of ether oxygens (including phenoxy) is 6. The van der Waals surface area contributed by atoms with E-state index in [-0.39, 0.29) is 13.2 Å². The highest BCUT2D eigenvalue weighted by Gasteiger charge is 2.45. The highest BCUT2D eigenvalue weighted by molar-refractivity contribution is 5.59. The Morgan fingerprint density at radius 3 is 2.35 bits per heavy atom. The highest BCUT2D eigenvalue weighted by atomic mass is 16.7. The van der Waals surface area contributed by atoms with Crippen LogP contribution in [0.4, 0.5) is 4.79 Å². The van der Waals surface area contributed by atoms with Crippen LogP contribution in [0.1, 0.15) is 11.1 Å². The van der Waals surface area contributed by atoms with Crippen molar-refractivity contribution in [2.24, 2.45) is 0 Å². The Kier molecular flexibility index (Phi) is 9.49. The third kappa shape index (κ3) is 6.81. The lowest BCUT2D eigenvalue weighted by atomic mass is 9.99. The molecule has 3 rings (SSSR count). The fraction of sp³-hybridized carbons (Fsp3) is 0.458. The van der Waals surface area contributed by atoms with Gasteiger partial charge in [0, 0.05) is 13.5 Å². The molecule has 1 saturated heterocycles. The first-order chi connectivity index (χ1) is 16.4. The number of benzene rings is 2. The van der Waals surface area contributed by atoms with E-state index in [9.17, 15) is 20.1 Å². The largest absolute Gasteiger partial charge is 0.508 e. The Morgan fingerprint density at radius 2 is 1.65 bits per heavy atom. The van der Waals surface area contributed by atoms with E-state index in [1.807, 2.05) is 36.4 Å². The van der Waals surface area contributed by atoms with E-state index in [1.165, 1.54) is 7.11 Å². The summed E-state index contributed by atoms with van der Waals surface area (Å²) in [5.41, 5.74) is 1.83. The minimum absolute atomic E-state index is 0.00145. The van der Waals surface area contributed by atoms with Crippen molar-refractivity contribution in [2.45, 2.75) is 37.1 Å². The smallest absolute Gasteiger partial charge is 0.497 e. The van der Waals surface area contributed by atoms with E-state index < -0.39 is 43.5 Å². The molecule has 0 radical (unpaired) electrons. The number of carbonyl (C=O) groups is 1.